The number of nitro groups is 1. The molecule has 17 heavy (non-hydrogen) atoms. The predicted molar refractivity (Wildman–Crippen MR) is 61.2 cm³/mol. The van der Waals surface area contributed by atoms with Gasteiger partial charge in [-0.2, -0.15) is 0 Å². The van der Waals surface area contributed by atoms with Crippen molar-refractivity contribution >= 4 is 9.84 Å². The largest absolute Gasteiger partial charge is 0.490 e. The summed E-state index contributed by atoms with van der Waals surface area (Å²) in [5.74, 6) is -0.634. The summed E-state index contributed by atoms with van der Waals surface area (Å²) in [6, 6.07) is 5.43. The molecular weight excluding hydrogens is 246 g/mol. The molecule has 0 aliphatic carbocycles. The average molecular weight is 257 g/mol. The van der Waals surface area contributed by atoms with Crippen molar-refractivity contribution in [3.63, 3.8) is 0 Å². The lowest BCUT2D eigenvalue weighted by molar-refractivity contribution is -0.458. The topological polar surface area (TPSA) is 86.5 Å². The fourth-order valence-corrected chi connectivity index (χ4v) is 2.09. The van der Waals surface area contributed by atoms with E-state index in [-0.39, 0.29) is 4.90 Å². The first-order chi connectivity index (χ1) is 7.95. The van der Waals surface area contributed by atoms with E-state index in [2.05, 4.69) is 6.58 Å². The molecule has 0 radical (unpaired) electrons. The fourth-order valence-electron chi connectivity index (χ4n) is 1.11. The van der Waals surface area contributed by atoms with Gasteiger partial charge in [-0.15, -0.1) is 0 Å². The van der Waals surface area contributed by atoms with Gasteiger partial charge in [0.2, 0.25) is 9.84 Å². The van der Waals surface area contributed by atoms with E-state index < -0.39 is 20.6 Å². The van der Waals surface area contributed by atoms with Gasteiger partial charge in [0.1, 0.15) is 12.4 Å². The normalized spacial score (nSPS) is 10.8. The summed E-state index contributed by atoms with van der Waals surface area (Å²) >= 11 is 0. The van der Waals surface area contributed by atoms with Gasteiger partial charge in [-0.25, -0.2) is 8.42 Å². The third-order valence-electron chi connectivity index (χ3n) is 1.83. The van der Waals surface area contributed by atoms with Crippen molar-refractivity contribution in [1.29, 1.82) is 0 Å². The standard InChI is InChI=1S/C10H11NO5S/c1-2-7-16-9-3-5-10(6-4-9)17(14,15)8-11(12)13/h2-6H,1,7-8H2. The smallest absolute Gasteiger partial charge is 0.305 e. The van der Waals surface area contributed by atoms with Crippen molar-refractivity contribution < 1.29 is 18.1 Å². The highest BCUT2D eigenvalue weighted by molar-refractivity contribution is 7.91. The maximum atomic E-state index is 11.5. The Balaban J connectivity index is 2.87. The van der Waals surface area contributed by atoms with Gasteiger partial charge in [-0.1, -0.05) is 12.7 Å². The van der Waals surface area contributed by atoms with Crippen LogP contribution in [0.25, 0.3) is 0 Å². The van der Waals surface area contributed by atoms with Crippen LogP contribution in [0.4, 0.5) is 0 Å². The minimum atomic E-state index is -3.87. The number of benzene rings is 1. The van der Waals surface area contributed by atoms with Crippen molar-refractivity contribution in [3.05, 3.63) is 47.0 Å². The van der Waals surface area contributed by atoms with E-state index in [0.717, 1.165) is 0 Å². The molecule has 0 aliphatic heterocycles. The minimum absolute atomic E-state index is 0.0971. The number of hydrogen-bond acceptors (Lipinski definition) is 5. The van der Waals surface area contributed by atoms with E-state index >= 15 is 0 Å². The van der Waals surface area contributed by atoms with Gasteiger partial charge in [-0.3, -0.25) is 10.1 Å². The second-order valence-electron chi connectivity index (χ2n) is 3.15. The Morgan fingerprint density at radius 3 is 2.41 bits per heavy atom. The summed E-state index contributed by atoms with van der Waals surface area (Å²) < 4.78 is 28.1. The van der Waals surface area contributed by atoms with Gasteiger partial charge in [0.25, 0.3) is 0 Å². The Labute approximate surface area is 98.6 Å². The Morgan fingerprint density at radius 1 is 1.35 bits per heavy atom. The fraction of sp³-hybridized carbons (Fsp3) is 0.200. The molecule has 0 N–H and O–H groups in total. The van der Waals surface area contributed by atoms with Crippen molar-refractivity contribution in [2.45, 2.75) is 4.90 Å². The van der Waals surface area contributed by atoms with Crippen LogP contribution in [-0.4, -0.2) is 25.8 Å². The van der Waals surface area contributed by atoms with Crippen molar-refractivity contribution in [3.8, 4) is 5.75 Å². The molecule has 0 spiro atoms. The monoisotopic (exact) mass is 257 g/mol. The summed E-state index contributed by atoms with van der Waals surface area (Å²) in [6.07, 6.45) is 1.55. The molecule has 0 aliphatic rings. The molecular formula is C10H11NO5S. The lowest BCUT2D eigenvalue weighted by atomic mass is 10.3. The van der Waals surface area contributed by atoms with E-state index in [1.807, 2.05) is 0 Å². The molecule has 0 heterocycles. The molecule has 0 atom stereocenters. The van der Waals surface area contributed by atoms with Gasteiger partial charge in [-0.05, 0) is 24.3 Å². The van der Waals surface area contributed by atoms with Crippen LogP contribution in [0.1, 0.15) is 0 Å². The molecule has 0 bridgehead atoms. The van der Waals surface area contributed by atoms with Crippen LogP contribution < -0.4 is 4.74 Å². The molecule has 1 rings (SSSR count). The van der Waals surface area contributed by atoms with Gasteiger partial charge >= 0.3 is 5.88 Å². The molecule has 1 aromatic carbocycles. The molecule has 0 amide bonds. The number of nitrogens with zero attached hydrogens (tertiary/aromatic N) is 1. The highest BCUT2D eigenvalue weighted by atomic mass is 32.2. The van der Waals surface area contributed by atoms with Gasteiger partial charge in [0, 0.05) is 4.92 Å². The van der Waals surface area contributed by atoms with E-state index in [9.17, 15) is 18.5 Å². The van der Waals surface area contributed by atoms with Crippen molar-refractivity contribution in [2.75, 3.05) is 12.5 Å². The summed E-state index contributed by atoms with van der Waals surface area (Å²) in [4.78, 5) is 9.21. The third kappa shape index (κ3) is 3.87. The zero-order valence-corrected chi connectivity index (χ0v) is 9.72. The Morgan fingerprint density at radius 2 is 1.94 bits per heavy atom. The lowest BCUT2D eigenvalue weighted by Crippen LogP contribution is -2.14. The average Bonchev–Trinajstić information content (AvgIpc) is 2.25. The molecule has 0 saturated heterocycles. The van der Waals surface area contributed by atoms with E-state index in [4.69, 9.17) is 4.74 Å². The number of ether oxygens (including phenoxy) is 1. The van der Waals surface area contributed by atoms with Crippen LogP contribution in [-0.2, 0) is 9.84 Å². The van der Waals surface area contributed by atoms with E-state index in [1.54, 1.807) is 6.08 Å². The Hall–Kier alpha value is -1.89. The summed E-state index contributed by atoms with van der Waals surface area (Å²) in [6.45, 7) is 3.78. The van der Waals surface area contributed by atoms with Gasteiger partial charge in [0.15, 0.2) is 0 Å². The minimum Gasteiger partial charge on any atom is -0.490 e. The summed E-state index contributed by atoms with van der Waals surface area (Å²) in [5, 5.41) is 10.2. The molecule has 0 fully saturated rings. The first kappa shape index (κ1) is 13.2. The van der Waals surface area contributed by atoms with Crippen LogP contribution in [0.15, 0.2) is 41.8 Å². The molecule has 7 heteroatoms. The number of sulfone groups is 1. The van der Waals surface area contributed by atoms with Crippen LogP contribution in [0.5, 0.6) is 5.75 Å². The zero-order chi connectivity index (χ0) is 12.9. The molecule has 1 aromatic rings. The predicted octanol–water partition coefficient (Wildman–Crippen LogP) is 1.26. The number of hydrogen-bond donors (Lipinski definition) is 0. The van der Waals surface area contributed by atoms with Crippen LogP contribution >= 0.6 is 0 Å². The highest BCUT2D eigenvalue weighted by Crippen LogP contribution is 2.17. The Kier molecular flexibility index (Phi) is 4.22. The molecule has 0 unspecified atom stereocenters. The van der Waals surface area contributed by atoms with Crippen molar-refractivity contribution in [1.82, 2.24) is 0 Å². The Bertz CT molecular complexity index is 506. The van der Waals surface area contributed by atoms with Crippen LogP contribution in [0.3, 0.4) is 0 Å². The molecule has 0 saturated carbocycles. The third-order valence-corrected chi connectivity index (χ3v) is 3.37. The maximum Gasteiger partial charge on any atom is 0.305 e. The molecule has 6 nitrogen and oxygen atoms in total. The first-order valence-electron chi connectivity index (χ1n) is 4.64. The summed E-state index contributed by atoms with van der Waals surface area (Å²) in [5.41, 5.74) is 0. The molecule has 92 valence electrons. The highest BCUT2D eigenvalue weighted by Gasteiger charge is 2.20. The van der Waals surface area contributed by atoms with Gasteiger partial charge < -0.3 is 4.74 Å². The van der Waals surface area contributed by atoms with Gasteiger partial charge in [0.05, 0.1) is 4.90 Å². The zero-order valence-electron chi connectivity index (χ0n) is 8.90. The summed E-state index contributed by atoms with van der Waals surface area (Å²) in [7, 11) is -3.87. The van der Waals surface area contributed by atoms with Crippen LogP contribution in [0.2, 0.25) is 0 Å². The quantitative estimate of drug-likeness (QED) is 0.435. The SMILES string of the molecule is C=CCOc1ccc(S(=O)(=O)C[N+](=O)[O-])cc1. The maximum absolute atomic E-state index is 11.5. The van der Waals surface area contributed by atoms with E-state index in [0.29, 0.717) is 12.4 Å². The van der Waals surface area contributed by atoms with Crippen molar-refractivity contribution in [2.24, 2.45) is 0 Å². The molecule has 0 aromatic heterocycles. The number of rotatable bonds is 6. The van der Waals surface area contributed by atoms with Crippen LogP contribution in [0, 0.1) is 10.1 Å². The second-order valence-corrected chi connectivity index (χ2v) is 5.11. The first-order valence-corrected chi connectivity index (χ1v) is 6.29. The van der Waals surface area contributed by atoms with E-state index in [1.165, 1.54) is 24.3 Å². The second kappa shape index (κ2) is 5.44. The lowest BCUT2D eigenvalue weighted by Gasteiger charge is -2.04.